The van der Waals surface area contributed by atoms with Crippen LogP contribution in [-0.2, 0) is 9.53 Å². The molecule has 0 saturated heterocycles. The molecule has 1 heterocycles. The topological polar surface area (TPSA) is 38.8 Å². The van der Waals surface area contributed by atoms with E-state index in [1.807, 2.05) is 38.1 Å². The first-order valence-corrected chi connectivity index (χ1v) is 6.60. The van der Waals surface area contributed by atoms with Gasteiger partial charge in [0.15, 0.2) is 0 Å². The molecule has 19 heavy (non-hydrogen) atoms. The molecule has 0 unspecified atom stereocenters. The molecule has 1 aromatic rings. The van der Waals surface area contributed by atoms with Gasteiger partial charge in [0.25, 0.3) is 0 Å². The van der Waals surface area contributed by atoms with Crippen LogP contribution in [0.5, 0.6) is 5.75 Å². The quantitative estimate of drug-likeness (QED) is 0.785. The molecule has 0 spiro atoms. The minimum absolute atomic E-state index is 0.185. The largest absolute Gasteiger partial charge is 0.491 e. The third-order valence-electron chi connectivity index (χ3n) is 3.36. The maximum absolute atomic E-state index is 11.8. The average molecular weight is 263 g/mol. The Bertz CT molecular complexity index is 456. The van der Waals surface area contributed by atoms with Gasteiger partial charge in [-0.05, 0) is 32.4 Å². The van der Waals surface area contributed by atoms with Crippen molar-refractivity contribution in [1.29, 1.82) is 0 Å². The number of anilines is 1. The maximum atomic E-state index is 11.8. The summed E-state index contributed by atoms with van der Waals surface area (Å²) in [6.45, 7) is 6.05. The first-order valence-electron chi connectivity index (χ1n) is 6.60. The molecule has 1 aromatic carbocycles. The summed E-state index contributed by atoms with van der Waals surface area (Å²) in [6, 6.07) is 7.96. The maximum Gasteiger partial charge on any atom is 0.313 e. The fourth-order valence-corrected chi connectivity index (χ4v) is 2.38. The number of carbonyl (C=O) groups excluding carboxylic acids is 1. The molecule has 0 aliphatic carbocycles. The standard InChI is InChI=1S/C15H21NO3/c1-15(2,14(17)18-3)11-16-9-6-10-19-13-8-5-4-7-12(13)16/h4-5,7-8H,6,9-11H2,1-3H3. The van der Waals surface area contributed by atoms with E-state index in [0.717, 1.165) is 24.4 Å². The first kappa shape index (κ1) is 13.7. The molecule has 1 aliphatic rings. The number of rotatable bonds is 3. The highest BCUT2D eigenvalue weighted by Gasteiger charge is 2.32. The monoisotopic (exact) mass is 263 g/mol. The second-order valence-corrected chi connectivity index (χ2v) is 5.47. The number of methoxy groups -OCH3 is 1. The lowest BCUT2D eigenvalue weighted by Crippen LogP contribution is -2.40. The number of para-hydroxylation sites is 2. The predicted octanol–water partition coefficient (Wildman–Crippen LogP) is 2.47. The number of nitrogens with zero attached hydrogens (tertiary/aromatic N) is 1. The zero-order valence-electron chi connectivity index (χ0n) is 11.8. The van der Waals surface area contributed by atoms with Crippen molar-refractivity contribution in [2.45, 2.75) is 20.3 Å². The lowest BCUT2D eigenvalue weighted by molar-refractivity contribution is -0.150. The number of hydrogen-bond donors (Lipinski definition) is 0. The van der Waals surface area contributed by atoms with Crippen LogP contribution >= 0.6 is 0 Å². The summed E-state index contributed by atoms with van der Waals surface area (Å²) in [7, 11) is 1.43. The smallest absolute Gasteiger partial charge is 0.313 e. The van der Waals surface area contributed by atoms with Gasteiger partial charge in [0, 0.05) is 13.1 Å². The molecule has 1 aliphatic heterocycles. The molecule has 104 valence electrons. The average Bonchev–Trinajstić information content (AvgIpc) is 2.60. The zero-order valence-corrected chi connectivity index (χ0v) is 11.8. The summed E-state index contributed by atoms with van der Waals surface area (Å²) in [5.41, 5.74) is 0.517. The van der Waals surface area contributed by atoms with Crippen LogP contribution in [0, 0.1) is 5.41 Å². The van der Waals surface area contributed by atoms with E-state index in [2.05, 4.69) is 4.90 Å². The summed E-state index contributed by atoms with van der Waals surface area (Å²) < 4.78 is 10.6. The van der Waals surface area contributed by atoms with Crippen molar-refractivity contribution in [2.75, 3.05) is 31.7 Å². The van der Waals surface area contributed by atoms with Crippen molar-refractivity contribution in [1.82, 2.24) is 0 Å². The summed E-state index contributed by atoms with van der Waals surface area (Å²) >= 11 is 0. The van der Waals surface area contributed by atoms with Crippen molar-refractivity contribution < 1.29 is 14.3 Å². The van der Waals surface area contributed by atoms with Gasteiger partial charge in [-0.1, -0.05) is 12.1 Å². The van der Waals surface area contributed by atoms with Crippen molar-refractivity contribution >= 4 is 11.7 Å². The number of esters is 1. The normalized spacial score (nSPS) is 15.2. The van der Waals surface area contributed by atoms with E-state index in [0.29, 0.717) is 13.2 Å². The highest BCUT2D eigenvalue weighted by atomic mass is 16.5. The highest BCUT2D eigenvalue weighted by Crippen LogP contribution is 2.33. The molecular formula is C15H21NO3. The second kappa shape index (κ2) is 5.51. The molecule has 4 nitrogen and oxygen atoms in total. The van der Waals surface area contributed by atoms with E-state index in [1.165, 1.54) is 7.11 Å². The molecule has 0 aromatic heterocycles. The Hall–Kier alpha value is -1.71. The third kappa shape index (κ3) is 3.00. The van der Waals surface area contributed by atoms with Crippen molar-refractivity contribution in [3.63, 3.8) is 0 Å². The summed E-state index contributed by atoms with van der Waals surface area (Å²) in [5, 5.41) is 0. The minimum Gasteiger partial charge on any atom is -0.491 e. The highest BCUT2D eigenvalue weighted by molar-refractivity contribution is 5.77. The van der Waals surface area contributed by atoms with E-state index in [-0.39, 0.29) is 5.97 Å². The van der Waals surface area contributed by atoms with E-state index >= 15 is 0 Å². The Kier molecular flexibility index (Phi) is 3.98. The number of carbonyl (C=O) groups is 1. The molecule has 0 radical (unpaired) electrons. The van der Waals surface area contributed by atoms with Crippen molar-refractivity contribution in [3.8, 4) is 5.75 Å². The van der Waals surface area contributed by atoms with Crippen LogP contribution in [0.25, 0.3) is 0 Å². The lowest BCUT2D eigenvalue weighted by Gasteiger charge is -2.31. The molecule has 4 heteroatoms. The fraction of sp³-hybridized carbons (Fsp3) is 0.533. The van der Waals surface area contributed by atoms with Gasteiger partial charge in [-0.3, -0.25) is 4.79 Å². The zero-order chi connectivity index (χ0) is 13.9. The van der Waals surface area contributed by atoms with Crippen molar-refractivity contribution in [3.05, 3.63) is 24.3 Å². The van der Waals surface area contributed by atoms with Gasteiger partial charge in [-0.25, -0.2) is 0 Å². The van der Waals surface area contributed by atoms with Crippen LogP contribution in [-0.4, -0.2) is 32.8 Å². The number of fused-ring (bicyclic) bond motifs is 1. The predicted molar refractivity (Wildman–Crippen MR) is 74.6 cm³/mol. The van der Waals surface area contributed by atoms with E-state index in [9.17, 15) is 4.79 Å². The van der Waals surface area contributed by atoms with Crippen molar-refractivity contribution in [2.24, 2.45) is 5.41 Å². The minimum atomic E-state index is -0.536. The van der Waals surface area contributed by atoms with Gasteiger partial charge in [0.2, 0.25) is 0 Å². The van der Waals surface area contributed by atoms with E-state index in [4.69, 9.17) is 9.47 Å². The summed E-state index contributed by atoms with van der Waals surface area (Å²) in [4.78, 5) is 14.0. The number of hydrogen-bond acceptors (Lipinski definition) is 4. The van der Waals surface area contributed by atoms with Crippen LogP contribution < -0.4 is 9.64 Å². The molecule has 0 saturated carbocycles. The third-order valence-corrected chi connectivity index (χ3v) is 3.36. The molecule has 0 amide bonds. The molecular weight excluding hydrogens is 242 g/mol. The number of benzene rings is 1. The van der Waals surface area contributed by atoms with Gasteiger partial charge in [-0.2, -0.15) is 0 Å². The Morgan fingerprint density at radius 3 is 2.89 bits per heavy atom. The van der Waals surface area contributed by atoms with E-state index < -0.39 is 5.41 Å². The van der Waals surface area contributed by atoms with Crippen LogP contribution in [0.4, 0.5) is 5.69 Å². The fourth-order valence-electron chi connectivity index (χ4n) is 2.38. The molecule has 0 atom stereocenters. The SMILES string of the molecule is COC(=O)C(C)(C)CN1CCCOc2ccccc21. The Labute approximate surface area is 114 Å². The van der Waals surface area contributed by atoms with Crippen LogP contribution in [0.2, 0.25) is 0 Å². The summed E-state index contributed by atoms with van der Waals surface area (Å²) in [6.07, 6.45) is 0.950. The Morgan fingerprint density at radius 2 is 2.16 bits per heavy atom. The van der Waals surface area contributed by atoms with Gasteiger partial charge in [0.1, 0.15) is 5.75 Å². The van der Waals surface area contributed by atoms with Gasteiger partial charge in [0.05, 0.1) is 24.8 Å². The van der Waals surface area contributed by atoms with Crippen LogP contribution in [0.3, 0.4) is 0 Å². The van der Waals surface area contributed by atoms with Gasteiger partial charge < -0.3 is 14.4 Å². The Morgan fingerprint density at radius 1 is 1.42 bits per heavy atom. The number of ether oxygens (including phenoxy) is 2. The van der Waals surface area contributed by atoms with E-state index in [1.54, 1.807) is 0 Å². The Balaban J connectivity index is 2.23. The molecule has 0 fully saturated rings. The van der Waals surface area contributed by atoms with Gasteiger partial charge in [-0.15, -0.1) is 0 Å². The van der Waals surface area contributed by atoms with Gasteiger partial charge >= 0.3 is 5.97 Å². The lowest BCUT2D eigenvalue weighted by atomic mass is 9.92. The molecule has 0 N–H and O–H groups in total. The summed E-state index contributed by atoms with van der Waals surface area (Å²) in [5.74, 6) is 0.704. The molecule has 2 rings (SSSR count). The first-order chi connectivity index (χ1) is 9.04. The van der Waals surface area contributed by atoms with Crippen LogP contribution in [0.15, 0.2) is 24.3 Å². The second-order valence-electron chi connectivity index (χ2n) is 5.47. The van der Waals surface area contributed by atoms with Crippen LogP contribution in [0.1, 0.15) is 20.3 Å². The molecule has 0 bridgehead atoms.